The molecule has 0 fully saturated rings. The van der Waals surface area contributed by atoms with E-state index in [-0.39, 0.29) is 26.6 Å². The zero-order chi connectivity index (χ0) is 24.4. The van der Waals surface area contributed by atoms with Gasteiger partial charge in [-0.3, -0.25) is 4.79 Å². The lowest BCUT2D eigenvalue weighted by Crippen LogP contribution is -2.17. The predicted molar refractivity (Wildman–Crippen MR) is 123 cm³/mol. The van der Waals surface area contributed by atoms with Crippen LogP contribution in [0, 0.1) is 26.6 Å². The zero-order valence-corrected chi connectivity index (χ0v) is 19.0. The van der Waals surface area contributed by atoms with Crippen molar-refractivity contribution >= 4 is 32.5 Å². The van der Waals surface area contributed by atoms with Gasteiger partial charge in [0.25, 0.3) is 0 Å². The van der Waals surface area contributed by atoms with Gasteiger partial charge in [-0.15, -0.1) is 11.3 Å². The summed E-state index contributed by atoms with van der Waals surface area (Å²) in [5.41, 5.74) is 1.68. The average Bonchev–Trinajstić information content (AvgIpc) is 3.18. The van der Waals surface area contributed by atoms with Crippen molar-refractivity contribution in [2.24, 2.45) is 0 Å². The van der Waals surface area contributed by atoms with Crippen LogP contribution >= 0.6 is 11.3 Å². The second kappa shape index (κ2) is 7.69. The van der Waals surface area contributed by atoms with Crippen LogP contribution < -0.4 is 5.43 Å². The molecule has 0 saturated heterocycles. The minimum Gasteiger partial charge on any atom is -0.287 e. The van der Waals surface area contributed by atoms with Gasteiger partial charge in [0, 0.05) is 0 Å². The van der Waals surface area contributed by atoms with E-state index in [1.165, 1.54) is 10.7 Å². The van der Waals surface area contributed by atoms with E-state index in [2.05, 4.69) is 15.1 Å². The summed E-state index contributed by atoms with van der Waals surface area (Å²) in [6.07, 6.45) is -3.59. The predicted octanol–water partition coefficient (Wildman–Crippen LogP) is 6.14. The molecule has 2 aromatic carbocycles. The summed E-state index contributed by atoms with van der Waals surface area (Å²) in [6.45, 7) is 5.49. The molecular weight excluding hydrogens is 468 g/mol. The monoisotopic (exact) mass is 484 g/mol. The van der Waals surface area contributed by atoms with Gasteiger partial charge in [-0.25, -0.2) is 19.0 Å². The van der Waals surface area contributed by atoms with Crippen LogP contribution in [0.25, 0.3) is 37.5 Å². The lowest BCUT2D eigenvalue weighted by Gasteiger charge is -2.14. The van der Waals surface area contributed by atoms with E-state index >= 15 is 0 Å². The van der Waals surface area contributed by atoms with E-state index in [0.717, 1.165) is 40.3 Å². The summed E-state index contributed by atoms with van der Waals surface area (Å²) in [5, 5.41) is 4.87. The van der Waals surface area contributed by atoms with Gasteiger partial charge in [-0.1, -0.05) is 6.07 Å². The Kier molecular flexibility index (Phi) is 5.01. The second-order valence-corrected chi connectivity index (χ2v) is 9.08. The summed E-state index contributed by atoms with van der Waals surface area (Å²) < 4.78 is 55.7. The van der Waals surface area contributed by atoms with Crippen molar-refractivity contribution in [3.05, 3.63) is 81.0 Å². The zero-order valence-electron chi connectivity index (χ0n) is 18.2. The third-order valence-electron chi connectivity index (χ3n) is 5.60. The van der Waals surface area contributed by atoms with Crippen molar-refractivity contribution in [3.63, 3.8) is 0 Å². The number of aryl methyl sites for hydroxylation is 3. The van der Waals surface area contributed by atoms with Gasteiger partial charge >= 0.3 is 6.18 Å². The fourth-order valence-electron chi connectivity index (χ4n) is 3.68. The molecule has 0 unspecified atom stereocenters. The molecule has 0 aliphatic heterocycles. The van der Waals surface area contributed by atoms with Crippen molar-refractivity contribution in [3.8, 4) is 16.4 Å². The van der Waals surface area contributed by atoms with Crippen LogP contribution in [0.15, 0.2) is 47.4 Å². The summed E-state index contributed by atoms with van der Waals surface area (Å²) in [7, 11) is 0. The first-order valence-corrected chi connectivity index (χ1v) is 11.0. The summed E-state index contributed by atoms with van der Waals surface area (Å²) in [5.74, 6) is -0.523. The quantitative estimate of drug-likeness (QED) is 0.283. The molecule has 3 aromatic heterocycles. The molecule has 0 bridgehead atoms. The smallest absolute Gasteiger partial charge is 0.287 e. The minimum atomic E-state index is -4.61. The highest BCUT2D eigenvalue weighted by molar-refractivity contribution is 7.21. The highest BCUT2D eigenvalue weighted by atomic mass is 32.1. The number of nitrogens with zero attached hydrogens (tertiary/aromatic N) is 4. The summed E-state index contributed by atoms with van der Waals surface area (Å²) >= 11 is 0.901. The molecule has 5 rings (SSSR count). The molecule has 0 aliphatic carbocycles. The van der Waals surface area contributed by atoms with Crippen LogP contribution in [0.4, 0.5) is 17.6 Å². The highest BCUT2D eigenvalue weighted by Gasteiger charge is 2.33. The number of benzene rings is 2. The molecule has 3 heterocycles. The SMILES string of the molecule is Cc1ccc(-n2nc(-c3nc4cnc(C(F)(F)F)cc4s3)c(=O)c3cc(C)c(C)cc32)c(F)c1. The molecule has 5 aromatic rings. The van der Waals surface area contributed by atoms with Gasteiger partial charge in [0.05, 0.1) is 21.8 Å². The maximum atomic E-state index is 14.9. The molecule has 0 aliphatic rings. The minimum absolute atomic E-state index is 0.0783. The van der Waals surface area contributed by atoms with Crippen LogP contribution in [-0.4, -0.2) is 19.7 Å². The van der Waals surface area contributed by atoms with Gasteiger partial charge in [0.2, 0.25) is 5.43 Å². The van der Waals surface area contributed by atoms with Crippen molar-refractivity contribution in [1.29, 1.82) is 0 Å². The third kappa shape index (κ3) is 3.63. The number of thiazole rings is 1. The molecule has 34 heavy (non-hydrogen) atoms. The molecule has 0 radical (unpaired) electrons. The van der Waals surface area contributed by atoms with E-state index in [1.54, 1.807) is 31.2 Å². The van der Waals surface area contributed by atoms with E-state index in [1.807, 2.05) is 13.8 Å². The number of hydrogen-bond donors (Lipinski definition) is 0. The largest absolute Gasteiger partial charge is 0.433 e. The van der Waals surface area contributed by atoms with Crippen LogP contribution in [-0.2, 0) is 6.18 Å². The number of aromatic nitrogens is 4. The Morgan fingerprint density at radius 3 is 2.44 bits per heavy atom. The van der Waals surface area contributed by atoms with Crippen LogP contribution in [0.2, 0.25) is 0 Å². The number of fused-ring (bicyclic) bond motifs is 2. The van der Waals surface area contributed by atoms with Crippen LogP contribution in [0.3, 0.4) is 0 Å². The molecule has 0 amide bonds. The molecule has 5 nitrogen and oxygen atoms in total. The van der Waals surface area contributed by atoms with Gasteiger partial charge in [0.1, 0.15) is 27.7 Å². The Bertz CT molecular complexity index is 1670. The van der Waals surface area contributed by atoms with Crippen LogP contribution in [0.1, 0.15) is 22.4 Å². The van der Waals surface area contributed by atoms with Gasteiger partial charge in [-0.05, 0) is 67.8 Å². The second-order valence-electron chi connectivity index (χ2n) is 8.05. The van der Waals surface area contributed by atoms with Gasteiger partial charge < -0.3 is 0 Å². The van der Waals surface area contributed by atoms with Gasteiger partial charge in [-0.2, -0.15) is 18.3 Å². The summed E-state index contributed by atoms with van der Waals surface area (Å²) in [4.78, 5) is 21.2. The lowest BCUT2D eigenvalue weighted by molar-refractivity contribution is -0.141. The first-order valence-electron chi connectivity index (χ1n) is 10.2. The molecule has 0 saturated carbocycles. The molecule has 10 heteroatoms. The Morgan fingerprint density at radius 2 is 1.74 bits per heavy atom. The number of halogens is 4. The summed E-state index contributed by atoms with van der Waals surface area (Å²) in [6, 6.07) is 9.02. The van der Waals surface area contributed by atoms with E-state index < -0.39 is 23.1 Å². The number of pyridine rings is 1. The van der Waals surface area contributed by atoms with E-state index in [0.29, 0.717) is 10.9 Å². The topological polar surface area (TPSA) is 60.7 Å². The third-order valence-corrected chi connectivity index (χ3v) is 6.62. The lowest BCUT2D eigenvalue weighted by atomic mass is 10.1. The fourth-order valence-corrected chi connectivity index (χ4v) is 4.64. The Hall–Kier alpha value is -3.66. The Morgan fingerprint density at radius 1 is 1.00 bits per heavy atom. The molecule has 0 N–H and O–H groups in total. The maximum absolute atomic E-state index is 14.9. The van der Waals surface area contributed by atoms with Crippen molar-refractivity contribution in [2.75, 3.05) is 0 Å². The highest BCUT2D eigenvalue weighted by Crippen LogP contribution is 2.34. The Balaban J connectivity index is 1.82. The van der Waals surface area contributed by atoms with E-state index in [9.17, 15) is 22.4 Å². The fraction of sp³-hybridized carbons (Fsp3) is 0.167. The number of hydrogen-bond acceptors (Lipinski definition) is 5. The molecule has 172 valence electrons. The number of rotatable bonds is 2. The standard InChI is InChI=1S/C24H16F4N4OS/c1-11-4-5-17(15(25)6-11)32-18-8-13(3)12(2)7-14(18)22(33)21(31-32)23-30-16-10-29-20(24(26,27)28)9-19(16)34-23/h4-10H,1-3H3. The van der Waals surface area contributed by atoms with Crippen molar-refractivity contribution in [2.45, 2.75) is 26.9 Å². The van der Waals surface area contributed by atoms with Crippen molar-refractivity contribution in [1.82, 2.24) is 19.7 Å². The average molecular weight is 484 g/mol. The molecular formula is C24H16F4N4OS. The van der Waals surface area contributed by atoms with E-state index in [4.69, 9.17) is 0 Å². The van der Waals surface area contributed by atoms with Crippen molar-refractivity contribution < 1.29 is 17.6 Å². The first-order chi connectivity index (χ1) is 16.0. The maximum Gasteiger partial charge on any atom is 0.433 e. The molecule has 0 atom stereocenters. The normalized spacial score (nSPS) is 12.1. The molecule has 0 spiro atoms. The van der Waals surface area contributed by atoms with Crippen LogP contribution in [0.5, 0.6) is 0 Å². The Labute approximate surface area is 194 Å². The first kappa shape index (κ1) is 22.1. The number of alkyl halides is 3. The van der Waals surface area contributed by atoms with Gasteiger partial charge in [0.15, 0.2) is 5.69 Å².